The average molecular weight is 338 g/mol. The number of hydrogen-bond donors (Lipinski definition) is 3. The molecule has 1 amide bonds. The van der Waals surface area contributed by atoms with Gasteiger partial charge in [-0.2, -0.15) is 11.8 Å². The van der Waals surface area contributed by atoms with Crippen LogP contribution in [0.3, 0.4) is 0 Å². The minimum atomic E-state index is -0.412. The summed E-state index contributed by atoms with van der Waals surface area (Å²) in [6.45, 7) is 0.574. The molecule has 1 aromatic rings. The van der Waals surface area contributed by atoms with Crippen molar-refractivity contribution in [2.75, 3.05) is 13.4 Å². The summed E-state index contributed by atoms with van der Waals surface area (Å²) in [4.78, 5) is 12.2. The number of hydroxylamine groups is 1. The maximum Gasteiger partial charge on any atom is 0.261 e. The van der Waals surface area contributed by atoms with E-state index in [1.54, 1.807) is 18.9 Å². The van der Waals surface area contributed by atoms with E-state index in [-0.39, 0.29) is 10.7 Å². The Bertz CT molecular complexity index is 501. The molecular formula is C17H26N2O3S. The van der Waals surface area contributed by atoms with E-state index in [0.717, 1.165) is 37.0 Å². The van der Waals surface area contributed by atoms with Crippen molar-refractivity contribution < 1.29 is 14.7 Å². The second-order valence-corrected chi connectivity index (χ2v) is 7.19. The molecule has 6 heteroatoms. The quantitative estimate of drug-likeness (QED) is 0.527. The van der Waals surface area contributed by atoms with Crippen LogP contribution >= 0.6 is 11.8 Å². The predicted molar refractivity (Wildman–Crippen MR) is 92.9 cm³/mol. The number of ether oxygens (including phenoxy) is 1. The van der Waals surface area contributed by atoms with Crippen LogP contribution in [-0.4, -0.2) is 35.3 Å². The van der Waals surface area contributed by atoms with Crippen molar-refractivity contribution in [2.24, 2.45) is 0 Å². The molecule has 0 saturated heterocycles. The second kappa shape index (κ2) is 8.57. The molecule has 1 aliphatic carbocycles. The third kappa shape index (κ3) is 4.40. The summed E-state index contributed by atoms with van der Waals surface area (Å²) in [7, 11) is 1.64. The first-order valence-electron chi connectivity index (χ1n) is 8.00. The van der Waals surface area contributed by atoms with Crippen molar-refractivity contribution >= 4 is 17.7 Å². The minimum Gasteiger partial charge on any atom is -0.497 e. The first-order valence-corrected chi connectivity index (χ1v) is 9.23. The lowest BCUT2D eigenvalue weighted by molar-refractivity contribution is -0.132. The number of amides is 1. The molecule has 1 fully saturated rings. The maximum atomic E-state index is 12.2. The number of carbonyl (C=O) groups excluding carboxylic acids is 1. The van der Waals surface area contributed by atoms with Crippen LogP contribution in [0.1, 0.15) is 37.7 Å². The van der Waals surface area contributed by atoms with Crippen molar-refractivity contribution in [1.29, 1.82) is 0 Å². The zero-order valence-electron chi connectivity index (χ0n) is 13.8. The highest BCUT2D eigenvalue weighted by molar-refractivity contribution is 8.00. The Balaban J connectivity index is 2.09. The molecule has 128 valence electrons. The van der Waals surface area contributed by atoms with Gasteiger partial charge in [-0.05, 0) is 36.8 Å². The molecule has 1 aromatic carbocycles. The Labute approximate surface area is 142 Å². The summed E-state index contributed by atoms with van der Waals surface area (Å²) in [5.41, 5.74) is 2.92. The number of rotatable bonds is 7. The topological polar surface area (TPSA) is 70.6 Å². The van der Waals surface area contributed by atoms with Crippen molar-refractivity contribution in [3.8, 4) is 5.75 Å². The molecule has 1 atom stereocenters. The van der Waals surface area contributed by atoms with E-state index in [0.29, 0.717) is 6.54 Å². The number of carbonyl (C=O) groups is 1. The van der Waals surface area contributed by atoms with Gasteiger partial charge in [0.2, 0.25) is 0 Å². The smallest absolute Gasteiger partial charge is 0.261 e. The van der Waals surface area contributed by atoms with Crippen LogP contribution < -0.4 is 15.5 Å². The molecule has 1 unspecified atom stereocenters. The van der Waals surface area contributed by atoms with Crippen LogP contribution in [0.4, 0.5) is 0 Å². The first-order chi connectivity index (χ1) is 11.1. The molecule has 1 aliphatic rings. The molecule has 5 nitrogen and oxygen atoms in total. The standard InChI is InChI=1S/C17H26N2O3S/c1-22-14-8-6-13(7-9-14)12-18-15(16(20)19-21)17(23-2)10-4-3-5-11-17/h6-9,15,18,21H,3-5,10-12H2,1-2H3,(H,19,20). The summed E-state index contributed by atoms with van der Waals surface area (Å²) >= 11 is 1.73. The fourth-order valence-electron chi connectivity index (χ4n) is 3.31. The summed E-state index contributed by atoms with van der Waals surface area (Å²) in [6.07, 6.45) is 7.50. The fraction of sp³-hybridized carbons (Fsp3) is 0.588. The SMILES string of the molecule is COc1ccc(CNC(C(=O)NO)C2(SC)CCCCC2)cc1. The lowest BCUT2D eigenvalue weighted by Gasteiger charge is -2.41. The molecule has 0 bridgehead atoms. The summed E-state index contributed by atoms with van der Waals surface area (Å²) in [5, 5.41) is 12.5. The Morgan fingerprint density at radius 2 is 1.96 bits per heavy atom. The average Bonchev–Trinajstić information content (AvgIpc) is 2.62. The van der Waals surface area contributed by atoms with E-state index in [4.69, 9.17) is 9.94 Å². The second-order valence-electron chi connectivity index (χ2n) is 5.97. The van der Waals surface area contributed by atoms with Gasteiger partial charge in [0.25, 0.3) is 5.91 Å². The van der Waals surface area contributed by atoms with Crippen LogP contribution in [0.15, 0.2) is 24.3 Å². The van der Waals surface area contributed by atoms with Crippen LogP contribution in [0.25, 0.3) is 0 Å². The van der Waals surface area contributed by atoms with Crippen LogP contribution in [0, 0.1) is 0 Å². The largest absolute Gasteiger partial charge is 0.497 e. The molecular weight excluding hydrogens is 312 g/mol. The van der Waals surface area contributed by atoms with Gasteiger partial charge >= 0.3 is 0 Å². The van der Waals surface area contributed by atoms with Crippen molar-refractivity contribution in [2.45, 2.75) is 49.4 Å². The third-order valence-electron chi connectivity index (χ3n) is 4.67. The Hall–Kier alpha value is -1.24. The highest BCUT2D eigenvalue weighted by Crippen LogP contribution is 2.41. The summed E-state index contributed by atoms with van der Waals surface area (Å²) in [5.74, 6) is 0.459. The van der Waals surface area contributed by atoms with Crippen LogP contribution in [-0.2, 0) is 11.3 Å². The molecule has 2 rings (SSSR count). The lowest BCUT2D eigenvalue weighted by Crippen LogP contribution is -2.57. The Morgan fingerprint density at radius 1 is 1.30 bits per heavy atom. The maximum absolute atomic E-state index is 12.2. The highest BCUT2D eigenvalue weighted by atomic mass is 32.2. The van der Waals surface area contributed by atoms with Gasteiger partial charge in [-0.3, -0.25) is 10.0 Å². The molecule has 0 spiro atoms. The summed E-state index contributed by atoms with van der Waals surface area (Å²) < 4.78 is 5.00. The predicted octanol–water partition coefficient (Wildman–Crippen LogP) is 2.72. The molecule has 0 aromatic heterocycles. The molecule has 3 N–H and O–H groups in total. The molecule has 0 heterocycles. The van der Waals surface area contributed by atoms with Crippen molar-refractivity contribution in [1.82, 2.24) is 10.8 Å². The number of benzene rings is 1. The first kappa shape index (κ1) is 18.1. The van der Waals surface area contributed by atoms with Crippen LogP contribution in [0.2, 0.25) is 0 Å². The van der Waals surface area contributed by atoms with E-state index in [1.807, 2.05) is 29.7 Å². The van der Waals surface area contributed by atoms with Gasteiger partial charge in [0.05, 0.1) is 7.11 Å². The number of hydrogen-bond acceptors (Lipinski definition) is 5. The lowest BCUT2D eigenvalue weighted by atomic mass is 9.82. The van der Waals surface area contributed by atoms with Crippen molar-refractivity contribution in [3.63, 3.8) is 0 Å². The minimum absolute atomic E-state index is 0.155. The highest BCUT2D eigenvalue weighted by Gasteiger charge is 2.43. The summed E-state index contributed by atoms with van der Waals surface area (Å²) in [6, 6.07) is 7.36. The monoisotopic (exact) mass is 338 g/mol. The van der Waals surface area contributed by atoms with Crippen molar-refractivity contribution in [3.05, 3.63) is 29.8 Å². The van der Waals surface area contributed by atoms with Gasteiger partial charge in [-0.25, -0.2) is 5.48 Å². The van der Waals surface area contributed by atoms with Gasteiger partial charge in [0.1, 0.15) is 11.8 Å². The molecule has 0 aliphatic heterocycles. The van der Waals surface area contributed by atoms with Gasteiger partial charge in [-0.1, -0.05) is 31.4 Å². The normalized spacial score (nSPS) is 18.2. The van der Waals surface area contributed by atoms with E-state index < -0.39 is 6.04 Å². The zero-order valence-corrected chi connectivity index (χ0v) is 14.6. The van der Waals surface area contributed by atoms with E-state index >= 15 is 0 Å². The number of methoxy groups -OCH3 is 1. The molecule has 1 saturated carbocycles. The third-order valence-corrected chi connectivity index (χ3v) is 6.13. The fourth-order valence-corrected chi connectivity index (χ4v) is 4.43. The van der Waals surface area contributed by atoms with Crippen LogP contribution in [0.5, 0.6) is 5.75 Å². The molecule has 23 heavy (non-hydrogen) atoms. The van der Waals surface area contributed by atoms with E-state index in [9.17, 15) is 4.79 Å². The van der Waals surface area contributed by atoms with Gasteiger partial charge in [-0.15, -0.1) is 0 Å². The van der Waals surface area contributed by atoms with E-state index in [2.05, 4.69) is 11.6 Å². The van der Waals surface area contributed by atoms with Gasteiger partial charge < -0.3 is 10.1 Å². The number of thioether (sulfide) groups is 1. The number of nitrogens with one attached hydrogen (secondary N) is 2. The van der Waals surface area contributed by atoms with Gasteiger partial charge in [0, 0.05) is 11.3 Å². The van der Waals surface area contributed by atoms with E-state index in [1.165, 1.54) is 6.42 Å². The zero-order chi connectivity index (χ0) is 16.7. The molecule has 0 radical (unpaired) electrons. The van der Waals surface area contributed by atoms with Gasteiger partial charge in [0.15, 0.2) is 0 Å². The Kier molecular flexibility index (Phi) is 6.74. The Morgan fingerprint density at radius 3 is 2.48 bits per heavy atom.